The normalized spacial score (nSPS) is 12.8. The predicted molar refractivity (Wildman–Crippen MR) is 43.0 cm³/mol. The van der Waals surface area contributed by atoms with Crippen molar-refractivity contribution in [2.24, 2.45) is 5.73 Å². The molecule has 0 aliphatic rings. The number of nitrogens with one attached hydrogen (secondary N) is 1. The molecular weight excluding hydrogens is 160 g/mol. The number of rotatable bonds is 4. The molecule has 5 heteroatoms. The average Bonchev–Trinajstić information content (AvgIpc) is 1.96. The molecule has 4 N–H and O–H groups in total. The first-order chi connectivity index (χ1) is 5.52. The molecule has 0 aromatic rings. The number of amides is 2. The van der Waals surface area contributed by atoms with Crippen molar-refractivity contribution in [2.45, 2.75) is 13.0 Å². The number of carbonyl (C=O) groups is 2. The Labute approximate surface area is 70.2 Å². The van der Waals surface area contributed by atoms with Crippen LogP contribution in [-0.4, -0.2) is 29.6 Å². The minimum atomic E-state index is -0.679. The van der Waals surface area contributed by atoms with Gasteiger partial charge in [-0.05, 0) is 6.92 Å². The summed E-state index contributed by atoms with van der Waals surface area (Å²) in [4.78, 5) is 20.9. The zero-order chi connectivity index (χ0) is 9.56. The van der Waals surface area contributed by atoms with E-state index in [1.165, 1.54) is 6.92 Å². The molecular formula is C7H12N2O3. The summed E-state index contributed by atoms with van der Waals surface area (Å²) in [6.45, 7) is 1.69. The van der Waals surface area contributed by atoms with Crippen LogP contribution >= 0.6 is 0 Å². The lowest BCUT2D eigenvalue weighted by Gasteiger charge is -2.03. The van der Waals surface area contributed by atoms with Gasteiger partial charge in [0.1, 0.15) is 0 Å². The molecule has 0 fully saturated rings. The molecule has 0 aliphatic heterocycles. The average molecular weight is 172 g/mol. The van der Waals surface area contributed by atoms with Gasteiger partial charge in [0.2, 0.25) is 11.8 Å². The SMILES string of the molecule is CC(O)CNC(=O)/C=C/C(N)=O. The summed E-state index contributed by atoms with van der Waals surface area (Å²) >= 11 is 0. The lowest BCUT2D eigenvalue weighted by molar-refractivity contribution is -0.118. The van der Waals surface area contributed by atoms with Gasteiger partial charge in [0.25, 0.3) is 0 Å². The van der Waals surface area contributed by atoms with Crippen LogP contribution in [0, 0.1) is 0 Å². The lowest BCUT2D eigenvalue weighted by Crippen LogP contribution is -2.29. The zero-order valence-electron chi connectivity index (χ0n) is 6.78. The first-order valence-corrected chi connectivity index (χ1v) is 3.45. The molecule has 0 aromatic carbocycles. The van der Waals surface area contributed by atoms with Gasteiger partial charge in [-0.15, -0.1) is 0 Å². The molecule has 68 valence electrons. The summed E-state index contributed by atoms with van der Waals surface area (Å²) in [5.41, 5.74) is 4.74. The molecule has 1 unspecified atom stereocenters. The minimum Gasteiger partial charge on any atom is -0.392 e. The lowest BCUT2D eigenvalue weighted by atomic mass is 10.4. The Morgan fingerprint density at radius 3 is 2.58 bits per heavy atom. The van der Waals surface area contributed by atoms with Gasteiger partial charge in [-0.25, -0.2) is 0 Å². The fraction of sp³-hybridized carbons (Fsp3) is 0.429. The van der Waals surface area contributed by atoms with Crippen LogP contribution in [-0.2, 0) is 9.59 Å². The van der Waals surface area contributed by atoms with E-state index >= 15 is 0 Å². The number of primary amides is 1. The van der Waals surface area contributed by atoms with Crippen LogP contribution in [0.4, 0.5) is 0 Å². The quantitative estimate of drug-likeness (QED) is 0.452. The zero-order valence-corrected chi connectivity index (χ0v) is 6.78. The number of aliphatic hydroxyl groups is 1. The van der Waals surface area contributed by atoms with Gasteiger partial charge >= 0.3 is 0 Å². The van der Waals surface area contributed by atoms with E-state index in [4.69, 9.17) is 10.8 Å². The molecule has 0 aromatic heterocycles. The van der Waals surface area contributed by atoms with E-state index in [1.54, 1.807) is 0 Å². The van der Waals surface area contributed by atoms with Crippen molar-refractivity contribution in [1.29, 1.82) is 0 Å². The first kappa shape index (κ1) is 10.6. The van der Waals surface area contributed by atoms with E-state index < -0.39 is 17.9 Å². The van der Waals surface area contributed by atoms with Gasteiger partial charge in [-0.2, -0.15) is 0 Å². The standard InChI is InChI=1S/C7H12N2O3/c1-5(10)4-9-7(12)3-2-6(8)11/h2-3,5,10H,4H2,1H3,(H2,8,11)(H,9,12)/b3-2+. The maximum atomic E-state index is 10.7. The molecule has 0 spiro atoms. The Balaban J connectivity index is 3.67. The molecule has 0 rings (SSSR count). The van der Waals surface area contributed by atoms with Crippen molar-refractivity contribution < 1.29 is 14.7 Å². The molecule has 2 amide bonds. The van der Waals surface area contributed by atoms with Gasteiger partial charge < -0.3 is 16.2 Å². The van der Waals surface area contributed by atoms with Crippen LogP contribution in [0.3, 0.4) is 0 Å². The summed E-state index contributed by atoms with van der Waals surface area (Å²) < 4.78 is 0. The van der Waals surface area contributed by atoms with Crippen molar-refractivity contribution >= 4 is 11.8 Å². The highest BCUT2D eigenvalue weighted by molar-refractivity contribution is 5.95. The molecule has 0 heterocycles. The van der Waals surface area contributed by atoms with Gasteiger partial charge in [-0.1, -0.05) is 0 Å². The third-order valence-electron chi connectivity index (χ3n) is 0.971. The van der Waals surface area contributed by atoms with E-state index in [1.807, 2.05) is 0 Å². The van der Waals surface area contributed by atoms with E-state index in [9.17, 15) is 9.59 Å². The smallest absolute Gasteiger partial charge is 0.244 e. The summed E-state index contributed by atoms with van der Waals surface area (Å²) in [5, 5.41) is 11.1. The van der Waals surface area contributed by atoms with Crippen molar-refractivity contribution in [3.05, 3.63) is 12.2 Å². The largest absolute Gasteiger partial charge is 0.392 e. The van der Waals surface area contributed by atoms with Gasteiger partial charge in [0.05, 0.1) is 6.10 Å². The molecule has 0 aliphatic carbocycles. The van der Waals surface area contributed by atoms with Crippen LogP contribution < -0.4 is 11.1 Å². The monoisotopic (exact) mass is 172 g/mol. The maximum Gasteiger partial charge on any atom is 0.244 e. The fourth-order valence-corrected chi connectivity index (χ4v) is 0.465. The Hall–Kier alpha value is -1.36. The van der Waals surface area contributed by atoms with Crippen LogP contribution in [0.15, 0.2) is 12.2 Å². The summed E-state index contributed by atoms with van der Waals surface area (Å²) in [6, 6.07) is 0. The highest BCUT2D eigenvalue weighted by Crippen LogP contribution is 1.77. The van der Waals surface area contributed by atoms with Gasteiger partial charge in [0.15, 0.2) is 0 Å². The summed E-state index contributed by atoms with van der Waals surface area (Å²) in [5.74, 6) is -1.13. The van der Waals surface area contributed by atoms with Crippen LogP contribution in [0.5, 0.6) is 0 Å². The molecule has 0 saturated heterocycles. The number of carbonyl (C=O) groups excluding carboxylic acids is 2. The Kier molecular flexibility index (Phi) is 4.71. The number of aliphatic hydroxyl groups excluding tert-OH is 1. The Bertz CT molecular complexity index is 199. The van der Waals surface area contributed by atoms with E-state index in [0.29, 0.717) is 0 Å². The van der Waals surface area contributed by atoms with Crippen molar-refractivity contribution in [3.8, 4) is 0 Å². The van der Waals surface area contributed by atoms with Crippen molar-refractivity contribution in [1.82, 2.24) is 5.32 Å². The maximum absolute atomic E-state index is 10.7. The molecule has 0 saturated carbocycles. The molecule has 1 atom stereocenters. The highest BCUT2D eigenvalue weighted by Gasteiger charge is 1.98. The van der Waals surface area contributed by atoms with Crippen LogP contribution in [0.25, 0.3) is 0 Å². The van der Waals surface area contributed by atoms with Gasteiger partial charge in [0, 0.05) is 18.7 Å². The fourth-order valence-electron chi connectivity index (χ4n) is 0.465. The predicted octanol–water partition coefficient (Wildman–Crippen LogP) is -1.48. The van der Waals surface area contributed by atoms with E-state index in [-0.39, 0.29) is 6.54 Å². The van der Waals surface area contributed by atoms with E-state index in [2.05, 4.69) is 5.32 Å². The Morgan fingerprint density at radius 1 is 1.58 bits per heavy atom. The molecule has 12 heavy (non-hydrogen) atoms. The third-order valence-corrected chi connectivity index (χ3v) is 0.971. The van der Waals surface area contributed by atoms with Crippen molar-refractivity contribution in [3.63, 3.8) is 0 Å². The third kappa shape index (κ3) is 6.76. The number of hydrogen-bond acceptors (Lipinski definition) is 3. The molecule has 0 bridgehead atoms. The topological polar surface area (TPSA) is 92.4 Å². The molecule has 5 nitrogen and oxygen atoms in total. The summed E-state index contributed by atoms with van der Waals surface area (Å²) in [7, 11) is 0. The summed E-state index contributed by atoms with van der Waals surface area (Å²) in [6.07, 6.45) is 1.37. The second kappa shape index (κ2) is 5.31. The van der Waals surface area contributed by atoms with Crippen LogP contribution in [0.1, 0.15) is 6.92 Å². The Morgan fingerprint density at radius 2 is 2.17 bits per heavy atom. The van der Waals surface area contributed by atoms with Crippen LogP contribution in [0.2, 0.25) is 0 Å². The number of nitrogens with two attached hydrogens (primary N) is 1. The number of hydrogen-bond donors (Lipinski definition) is 3. The minimum absolute atomic E-state index is 0.155. The van der Waals surface area contributed by atoms with Gasteiger partial charge in [-0.3, -0.25) is 9.59 Å². The second-order valence-electron chi connectivity index (χ2n) is 2.33. The van der Waals surface area contributed by atoms with Crippen molar-refractivity contribution in [2.75, 3.05) is 6.54 Å². The van der Waals surface area contributed by atoms with E-state index in [0.717, 1.165) is 12.2 Å². The second-order valence-corrected chi connectivity index (χ2v) is 2.33. The first-order valence-electron chi connectivity index (χ1n) is 3.45. The molecule has 0 radical (unpaired) electrons. The highest BCUT2D eigenvalue weighted by atomic mass is 16.3.